The van der Waals surface area contributed by atoms with Gasteiger partial charge in [0.1, 0.15) is 5.65 Å². The number of hydrogen-bond acceptors (Lipinski definition) is 2. The molecule has 3 nitrogen and oxygen atoms in total. The van der Waals surface area contributed by atoms with E-state index in [4.69, 9.17) is 28.9 Å². The molecule has 0 amide bonds. The van der Waals surface area contributed by atoms with Crippen molar-refractivity contribution in [2.24, 2.45) is 5.73 Å². The molecule has 0 spiro atoms. The molecule has 3 aromatic rings. The average molecular weight is 292 g/mol. The van der Waals surface area contributed by atoms with E-state index in [1.807, 2.05) is 47.0 Å². The second-order valence-corrected chi connectivity index (χ2v) is 5.07. The molecule has 5 heteroatoms. The number of pyridine rings is 1. The zero-order valence-corrected chi connectivity index (χ0v) is 11.5. The van der Waals surface area contributed by atoms with Gasteiger partial charge in [-0.2, -0.15) is 0 Å². The Hall–Kier alpha value is -1.55. The predicted molar refractivity (Wildman–Crippen MR) is 78.5 cm³/mol. The third kappa shape index (κ3) is 2.21. The van der Waals surface area contributed by atoms with Gasteiger partial charge in [0.15, 0.2) is 0 Å². The normalized spacial score (nSPS) is 11.1. The van der Waals surface area contributed by atoms with Crippen molar-refractivity contribution in [2.75, 3.05) is 0 Å². The van der Waals surface area contributed by atoms with Crippen LogP contribution in [-0.2, 0) is 6.54 Å². The maximum absolute atomic E-state index is 6.02. The van der Waals surface area contributed by atoms with Crippen molar-refractivity contribution >= 4 is 28.8 Å². The Balaban J connectivity index is 2.25. The molecule has 0 aliphatic carbocycles. The Morgan fingerprint density at radius 1 is 1.00 bits per heavy atom. The highest BCUT2D eigenvalue weighted by atomic mass is 35.5. The number of aromatic nitrogens is 2. The second kappa shape index (κ2) is 4.85. The van der Waals surface area contributed by atoms with Gasteiger partial charge in [-0.1, -0.05) is 35.3 Å². The topological polar surface area (TPSA) is 43.3 Å². The first-order valence-corrected chi connectivity index (χ1v) is 6.57. The van der Waals surface area contributed by atoms with Crippen molar-refractivity contribution in [3.63, 3.8) is 0 Å². The Morgan fingerprint density at radius 2 is 1.68 bits per heavy atom. The van der Waals surface area contributed by atoms with Crippen LogP contribution in [0.1, 0.15) is 5.69 Å². The molecule has 2 heterocycles. The third-order valence-electron chi connectivity index (χ3n) is 2.99. The fourth-order valence-electron chi connectivity index (χ4n) is 2.10. The van der Waals surface area contributed by atoms with Gasteiger partial charge in [-0.15, -0.1) is 0 Å². The molecule has 0 saturated carbocycles. The van der Waals surface area contributed by atoms with Gasteiger partial charge in [0.25, 0.3) is 0 Å². The quantitative estimate of drug-likeness (QED) is 0.781. The van der Waals surface area contributed by atoms with E-state index in [1.165, 1.54) is 0 Å². The molecule has 2 N–H and O–H groups in total. The first-order chi connectivity index (χ1) is 9.19. The van der Waals surface area contributed by atoms with Gasteiger partial charge >= 0.3 is 0 Å². The SMILES string of the molecule is NCc1c(-c2ccc(Cl)cc2)nc2ccc(Cl)cn12. The van der Waals surface area contributed by atoms with Crippen LogP contribution in [0.5, 0.6) is 0 Å². The largest absolute Gasteiger partial charge is 0.325 e. The summed E-state index contributed by atoms with van der Waals surface area (Å²) >= 11 is 11.9. The number of imidazole rings is 1. The maximum Gasteiger partial charge on any atom is 0.137 e. The van der Waals surface area contributed by atoms with E-state index >= 15 is 0 Å². The molecule has 0 atom stereocenters. The van der Waals surface area contributed by atoms with Gasteiger partial charge in [0.05, 0.1) is 16.4 Å². The molecule has 0 aliphatic rings. The number of fused-ring (bicyclic) bond motifs is 1. The molecule has 0 radical (unpaired) electrons. The number of nitrogens with two attached hydrogens (primary N) is 1. The maximum atomic E-state index is 6.02. The lowest BCUT2D eigenvalue weighted by Gasteiger charge is -2.02. The standard InChI is InChI=1S/C14H11Cl2N3/c15-10-3-1-9(2-4-10)14-12(7-17)19-8-11(16)5-6-13(19)18-14/h1-6,8H,7,17H2. The van der Waals surface area contributed by atoms with Crippen molar-refractivity contribution in [1.29, 1.82) is 0 Å². The van der Waals surface area contributed by atoms with Gasteiger partial charge in [-0.05, 0) is 24.3 Å². The van der Waals surface area contributed by atoms with E-state index in [0.717, 1.165) is 22.6 Å². The molecule has 96 valence electrons. The number of benzene rings is 1. The zero-order valence-electron chi connectivity index (χ0n) is 9.98. The van der Waals surface area contributed by atoms with Gasteiger partial charge in [0, 0.05) is 23.3 Å². The van der Waals surface area contributed by atoms with Crippen molar-refractivity contribution in [2.45, 2.75) is 6.54 Å². The van der Waals surface area contributed by atoms with E-state index in [2.05, 4.69) is 4.98 Å². The molecule has 19 heavy (non-hydrogen) atoms. The first-order valence-electron chi connectivity index (χ1n) is 5.81. The van der Waals surface area contributed by atoms with E-state index in [1.54, 1.807) is 0 Å². The minimum atomic E-state index is 0.388. The summed E-state index contributed by atoms with van der Waals surface area (Å²) in [4.78, 5) is 4.61. The fraction of sp³-hybridized carbons (Fsp3) is 0.0714. The lowest BCUT2D eigenvalue weighted by molar-refractivity contribution is 0.962. The third-order valence-corrected chi connectivity index (χ3v) is 3.47. The summed E-state index contributed by atoms with van der Waals surface area (Å²) in [5, 5.41) is 1.35. The van der Waals surface area contributed by atoms with Crippen LogP contribution in [-0.4, -0.2) is 9.38 Å². The molecule has 0 fully saturated rings. The smallest absolute Gasteiger partial charge is 0.137 e. The summed E-state index contributed by atoms with van der Waals surface area (Å²) in [6.45, 7) is 0.388. The van der Waals surface area contributed by atoms with Crippen LogP contribution in [0.2, 0.25) is 10.0 Å². The summed E-state index contributed by atoms with van der Waals surface area (Å²) < 4.78 is 1.92. The van der Waals surface area contributed by atoms with E-state index in [-0.39, 0.29) is 0 Å². The molecule has 2 aromatic heterocycles. The molecule has 3 rings (SSSR count). The molecule has 0 aliphatic heterocycles. The van der Waals surface area contributed by atoms with Crippen molar-refractivity contribution in [3.05, 3.63) is 58.3 Å². The number of rotatable bonds is 2. The summed E-state index contributed by atoms with van der Waals surface area (Å²) in [5.74, 6) is 0. The number of nitrogens with zero attached hydrogens (tertiary/aromatic N) is 2. The summed E-state index contributed by atoms with van der Waals surface area (Å²) in [5.41, 5.74) is 9.46. The summed E-state index contributed by atoms with van der Waals surface area (Å²) in [7, 11) is 0. The molecular weight excluding hydrogens is 281 g/mol. The van der Waals surface area contributed by atoms with Gasteiger partial charge < -0.3 is 10.1 Å². The Kier molecular flexibility index (Phi) is 3.19. The molecule has 1 aromatic carbocycles. The van der Waals surface area contributed by atoms with E-state index in [0.29, 0.717) is 16.6 Å². The van der Waals surface area contributed by atoms with Crippen LogP contribution in [0.4, 0.5) is 0 Å². The lowest BCUT2D eigenvalue weighted by atomic mass is 10.1. The minimum absolute atomic E-state index is 0.388. The molecule has 0 saturated heterocycles. The Morgan fingerprint density at radius 3 is 2.37 bits per heavy atom. The van der Waals surface area contributed by atoms with Crippen LogP contribution in [0.25, 0.3) is 16.9 Å². The summed E-state index contributed by atoms with van der Waals surface area (Å²) in [6, 6.07) is 11.2. The van der Waals surface area contributed by atoms with E-state index < -0.39 is 0 Å². The molecular formula is C14H11Cl2N3. The van der Waals surface area contributed by atoms with Crippen LogP contribution in [0.15, 0.2) is 42.6 Å². The monoisotopic (exact) mass is 291 g/mol. The zero-order chi connectivity index (χ0) is 13.4. The molecule has 0 bridgehead atoms. The van der Waals surface area contributed by atoms with Crippen molar-refractivity contribution in [3.8, 4) is 11.3 Å². The highest BCUT2D eigenvalue weighted by Crippen LogP contribution is 2.26. The van der Waals surface area contributed by atoms with Crippen LogP contribution < -0.4 is 5.73 Å². The fourth-order valence-corrected chi connectivity index (χ4v) is 2.39. The average Bonchev–Trinajstić information content (AvgIpc) is 2.77. The number of hydrogen-bond donors (Lipinski definition) is 1. The molecule has 0 unspecified atom stereocenters. The van der Waals surface area contributed by atoms with Crippen molar-refractivity contribution in [1.82, 2.24) is 9.38 Å². The van der Waals surface area contributed by atoms with Gasteiger partial charge in [0.2, 0.25) is 0 Å². The van der Waals surface area contributed by atoms with Crippen LogP contribution in [0.3, 0.4) is 0 Å². The second-order valence-electron chi connectivity index (χ2n) is 4.19. The van der Waals surface area contributed by atoms with Crippen LogP contribution in [0, 0.1) is 0 Å². The van der Waals surface area contributed by atoms with Gasteiger partial charge in [-0.25, -0.2) is 4.98 Å². The minimum Gasteiger partial charge on any atom is -0.325 e. The highest BCUT2D eigenvalue weighted by molar-refractivity contribution is 6.30. The van der Waals surface area contributed by atoms with E-state index in [9.17, 15) is 0 Å². The van der Waals surface area contributed by atoms with Crippen LogP contribution >= 0.6 is 23.2 Å². The van der Waals surface area contributed by atoms with Crippen molar-refractivity contribution < 1.29 is 0 Å². The Labute approximate surface area is 120 Å². The Bertz CT molecular complexity index is 732. The lowest BCUT2D eigenvalue weighted by Crippen LogP contribution is -2.02. The van der Waals surface area contributed by atoms with Gasteiger partial charge in [-0.3, -0.25) is 0 Å². The predicted octanol–water partition coefficient (Wildman–Crippen LogP) is 3.77. The highest BCUT2D eigenvalue weighted by Gasteiger charge is 2.12. The number of halogens is 2. The first kappa shape index (κ1) is 12.5. The summed E-state index contributed by atoms with van der Waals surface area (Å²) in [6.07, 6.45) is 1.82.